The van der Waals surface area contributed by atoms with Crippen LogP contribution < -0.4 is 10.9 Å². The monoisotopic (exact) mass is 499 g/mol. The zero-order valence-corrected chi connectivity index (χ0v) is 21.3. The quantitative estimate of drug-likeness (QED) is 0.331. The Hall–Kier alpha value is -4.98. The Balaban J connectivity index is 1.57. The fourth-order valence-electron chi connectivity index (χ4n) is 4.78. The van der Waals surface area contributed by atoms with Crippen molar-refractivity contribution in [1.29, 1.82) is 0 Å². The number of para-hydroxylation sites is 1. The highest BCUT2D eigenvalue weighted by Crippen LogP contribution is 2.30. The van der Waals surface area contributed by atoms with Gasteiger partial charge in [0, 0.05) is 35.5 Å². The molecule has 6 aromatic rings. The van der Waals surface area contributed by atoms with Crippen molar-refractivity contribution in [3.05, 3.63) is 113 Å². The van der Waals surface area contributed by atoms with E-state index in [9.17, 15) is 4.79 Å². The Kier molecular flexibility index (Phi) is 5.84. The van der Waals surface area contributed by atoms with Crippen LogP contribution in [0.4, 0.5) is 5.82 Å². The van der Waals surface area contributed by atoms with Crippen molar-refractivity contribution >= 4 is 27.6 Å². The first-order valence-electron chi connectivity index (χ1n) is 12.4. The molecule has 6 rings (SSSR count). The molecule has 0 radical (unpaired) electrons. The van der Waals surface area contributed by atoms with E-state index in [1.165, 1.54) is 0 Å². The van der Waals surface area contributed by atoms with Gasteiger partial charge in [0.1, 0.15) is 17.2 Å². The molecule has 8 nitrogen and oxygen atoms in total. The van der Waals surface area contributed by atoms with Crippen LogP contribution in [0, 0.1) is 13.8 Å². The lowest BCUT2D eigenvalue weighted by atomic mass is 9.99. The van der Waals surface area contributed by atoms with Crippen molar-refractivity contribution in [3.63, 3.8) is 0 Å². The van der Waals surface area contributed by atoms with Gasteiger partial charge in [-0.3, -0.25) is 14.3 Å². The highest BCUT2D eigenvalue weighted by Gasteiger charge is 2.20. The van der Waals surface area contributed by atoms with Gasteiger partial charge >= 0.3 is 0 Å². The van der Waals surface area contributed by atoms with Gasteiger partial charge in [0.25, 0.3) is 5.56 Å². The summed E-state index contributed by atoms with van der Waals surface area (Å²) in [6.07, 6.45) is 5.25. The van der Waals surface area contributed by atoms with Gasteiger partial charge in [0.2, 0.25) is 0 Å². The summed E-state index contributed by atoms with van der Waals surface area (Å²) in [5.74, 6) is 1.95. The zero-order chi connectivity index (χ0) is 26.2. The zero-order valence-electron chi connectivity index (χ0n) is 21.3. The number of nitrogens with one attached hydrogen (secondary N) is 1. The van der Waals surface area contributed by atoms with Gasteiger partial charge in [-0.25, -0.2) is 19.9 Å². The predicted molar refractivity (Wildman–Crippen MR) is 149 cm³/mol. The van der Waals surface area contributed by atoms with E-state index >= 15 is 0 Å². The number of nitrogens with zero attached hydrogens (tertiary/aromatic N) is 6. The summed E-state index contributed by atoms with van der Waals surface area (Å²) >= 11 is 0. The largest absolute Gasteiger partial charge is 0.360 e. The molecule has 0 saturated heterocycles. The standard InChI is InChI=1S/C30H25N7O/c1-18(34-29-28-25(13-8-14-31-28)35-20(3)36-29)26-15-21-9-7-12-24(22-16-32-19(2)33-17-22)27(21)30(38)37(26)23-10-5-4-6-11-23/h4-18H,1-3H3,(H,34,35,36)/t18-/m0/s1. The third-order valence-electron chi connectivity index (χ3n) is 6.55. The Bertz CT molecular complexity index is 1850. The van der Waals surface area contributed by atoms with Gasteiger partial charge in [0.05, 0.1) is 16.9 Å². The molecule has 0 aliphatic rings. The van der Waals surface area contributed by atoms with E-state index in [1.54, 1.807) is 23.2 Å². The first-order valence-corrected chi connectivity index (χ1v) is 12.4. The Morgan fingerprint density at radius 3 is 2.42 bits per heavy atom. The van der Waals surface area contributed by atoms with Crippen molar-refractivity contribution in [3.8, 4) is 16.8 Å². The average Bonchev–Trinajstić information content (AvgIpc) is 2.93. The summed E-state index contributed by atoms with van der Waals surface area (Å²) in [6.45, 7) is 5.71. The number of anilines is 1. The van der Waals surface area contributed by atoms with Crippen LogP contribution in [-0.2, 0) is 0 Å². The second-order valence-corrected chi connectivity index (χ2v) is 9.19. The van der Waals surface area contributed by atoms with E-state index in [0.29, 0.717) is 28.4 Å². The lowest BCUT2D eigenvalue weighted by Crippen LogP contribution is -2.26. The van der Waals surface area contributed by atoms with Gasteiger partial charge in [-0.15, -0.1) is 0 Å². The minimum atomic E-state index is -0.279. The molecular weight excluding hydrogens is 474 g/mol. The Morgan fingerprint density at radius 1 is 0.842 bits per heavy atom. The van der Waals surface area contributed by atoms with Crippen LogP contribution >= 0.6 is 0 Å². The van der Waals surface area contributed by atoms with E-state index in [4.69, 9.17) is 0 Å². The smallest absolute Gasteiger partial charge is 0.263 e. The summed E-state index contributed by atoms with van der Waals surface area (Å²) in [5, 5.41) is 4.96. The lowest BCUT2D eigenvalue weighted by molar-refractivity contribution is 0.773. The van der Waals surface area contributed by atoms with Gasteiger partial charge in [-0.1, -0.05) is 36.4 Å². The van der Waals surface area contributed by atoms with E-state index < -0.39 is 0 Å². The van der Waals surface area contributed by atoms with Crippen molar-refractivity contribution in [1.82, 2.24) is 29.5 Å². The number of pyridine rings is 2. The third kappa shape index (κ3) is 4.16. The molecule has 2 aromatic carbocycles. The average molecular weight is 500 g/mol. The number of hydrogen-bond donors (Lipinski definition) is 1. The first kappa shape index (κ1) is 23.4. The summed E-state index contributed by atoms with van der Waals surface area (Å²) in [4.78, 5) is 36.6. The maximum atomic E-state index is 14.3. The van der Waals surface area contributed by atoms with Crippen LogP contribution in [0.25, 0.3) is 38.6 Å². The number of benzene rings is 2. The van der Waals surface area contributed by atoms with Crippen LogP contribution in [-0.4, -0.2) is 29.5 Å². The fraction of sp³-hybridized carbons (Fsp3) is 0.133. The highest BCUT2D eigenvalue weighted by molar-refractivity contribution is 5.96. The summed E-state index contributed by atoms with van der Waals surface area (Å²) in [6, 6.07) is 21.1. The molecule has 4 heterocycles. The lowest BCUT2D eigenvalue weighted by Gasteiger charge is -2.22. The fourth-order valence-corrected chi connectivity index (χ4v) is 4.78. The second-order valence-electron chi connectivity index (χ2n) is 9.19. The minimum absolute atomic E-state index is 0.115. The van der Waals surface area contributed by atoms with Gasteiger partial charge in [-0.2, -0.15) is 0 Å². The van der Waals surface area contributed by atoms with E-state index in [-0.39, 0.29) is 11.6 Å². The molecule has 186 valence electrons. The van der Waals surface area contributed by atoms with E-state index in [0.717, 1.165) is 33.4 Å². The number of rotatable bonds is 5. The van der Waals surface area contributed by atoms with Gasteiger partial charge in [0.15, 0.2) is 5.82 Å². The number of hydrogen-bond acceptors (Lipinski definition) is 7. The van der Waals surface area contributed by atoms with Crippen molar-refractivity contribution in [2.45, 2.75) is 26.8 Å². The molecule has 0 spiro atoms. The SMILES string of the molecule is Cc1ncc(-c2cccc3cc([C@H](C)Nc4nc(C)nc5cccnc45)n(-c4ccccc4)c(=O)c23)cn1. The molecular formula is C30H25N7O. The number of aryl methyl sites for hydroxylation is 2. The molecule has 0 amide bonds. The Labute approximate surface area is 219 Å². The molecule has 38 heavy (non-hydrogen) atoms. The molecule has 0 aliphatic carbocycles. The predicted octanol–water partition coefficient (Wildman–Crippen LogP) is 5.58. The summed E-state index contributed by atoms with van der Waals surface area (Å²) in [7, 11) is 0. The molecule has 0 aliphatic heterocycles. The Morgan fingerprint density at radius 2 is 1.63 bits per heavy atom. The molecule has 4 aromatic heterocycles. The van der Waals surface area contributed by atoms with Crippen molar-refractivity contribution in [2.75, 3.05) is 5.32 Å². The summed E-state index contributed by atoms with van der Waals surface area (Å²) < 4.78 is 1.77. The molecule has 0 bridgehead atoms. The van der Waals surface area contributed by atoms with Crippen molar-refractivity contribution in [2.24, 2.45) is 0 Å². The van der Waals surface area contributed by atoms with Crippen LogP contribution in [0.1, 0.15) is 30.3 Å². The maximum absolute atomic E-state index is 14.3. The normalized spacial score (nSPS) is 12.1. The second kappa shape index (κ2) is 9.48. The van der Waals surface area contributed by atoms with Crippen LogP contribution in [0.15, 0.2) is 90.1 Å². The summed E-state index contributed by atoms with van der Waals surface area (Å²) in [5.41, 5.74) is 4.50. The highest BCUT2D eigenvalue weighted by atomic mass is 16.1. The minimum Gasteiger partial charge on any atom is -0.360 e. The maximum Gasteiger partial charge on any atom is 0.263 e. The number of fused-ring (bicyclic) bond motifs is 2. The van der Waals surface area contributed by atoms with Crippen LogP contribution in [0.2, 0.25) is 0 Å². The first-order chi connectivity index (χ1) is 18.5. The van der Waals surface area contributed by atoms with Gasteiger partial charge in [-0.05, 0) is 62.1 Å². The molecule has 1 N–H and O–H groups in total. The third-order valence-corrected chi connectivity index (χ3v) is 6.55. The molecule has 8 heteroatoms. The van der Waals surface area contributed by atoms with E-state index in [1.807, 2.05) is 81.4 Å². The van der Waals surface area contributed by atoms with Gasteiger partial charge < -0.3 is 5.32 Å². The molecule has 0 saturated carbocycles. The van der Waals surface area contributed by atoms with Crippen LogP contribution in [0.5, 0.6) is 0 Å². The molecule has 0 fully saturated rings. The molecule has 1 atom stereocenters. The van der Waals surface area contributed by atoms with Crippen molar-refractivity contribution < 1.29 is 0 Å². The molecule has 0 unspecified atom stereocenters. The topological polar surface area (TPSA) is 98.5 Å². The number of aromatic nitrogens is 6. The van der Waals surface area contributed by atoms with E-state index in [2.05, 4.69) is 36.3 Å². The van der Waals surface area contributed by atoms with Crippen LogP contribution in [0.3, 0.4) is 0 Å².